The summed E-state index contributed by atoms with van der Waals surface area (Å²) in [6.07, 6.45) is 8.97. The molecule has 0 atom stereocenters. The molecule has 6 aromatic rings. The molecule has 272 valence electrons. The van der Waals surface area contributed by atoms with Crippen molar-refractivity contribution < 1.29 is 32.0 Å². The average molecular weight is 748 g/mol. The predicted molar refractivity (Wildman–Crippen MR) is 203 cm³/mol. The molecule has 0 fully saturated rings. The van der Waals surface area contributed by atoms with Crippen LogP contribution in [0.5, 0.6) is 0 Å². The zero-order valence-electron chi connectivity index (χ0n) is 29.1. The molecular weight excluding hydrogens is 713 g/mol. The SMILES string of the molecule is Cn1ncc(/C=C/C(=O)Nc2ccc(CO[P+](=O)OCc3ccc(NC(=O)/C=C/c4cnn(C)c4-c4ccccc4F)cc3)cc2)c1-c1ccccc1F. The van der Waals surface area contributed by atoms with Crippen molar-refractivity contribution in [1.82, 2.24) is 19.6 Å². The van der Waals surface area contributed by atoms with Gasteiger partial charge < -0.3 is 10.6 Å². The number of halogens is 2. The van der Waals surface area contributed by atoms with Crippen LogP contribution in [0.4, 0.5) is 20.2 Å². The van der Waals surface area contributed by atoms with Crippen LogP contribution in [0.3, 0.4) is 0 Å². The van der Waals surface area contributed by atoms with Crippen molar-refractivity contribution in [3.63, 3.8) is 0 Å². The Balaban J connectivity index is 0.928. The first-order valence-electron chi connectivity index (χ1n) is 16.6. The van der Waals surface area contributed by atoms with Crippen LogP contribution in [0.1, 0.15) is 22.3 Å². The summed E-state index contributed by atoms with van der Waals surface area (Å²) in [5.74, 6) is -1.55. The van der Waals surface area contributed by atoms with E-state index in [2.05, 4.69) is 20.8 Å². The lowest BCUT2D eigenvalue weighted by atomic mass is 10.1. The molecule has 2 heterocycles. The van der Waals surface area contributed by atoms with Crippen LogP contribution in [0.2, 0.25) is 0 Å². The van der Waals surface area contributed by atoms with Gasteiger partial charge in [0.05, 0.1) is 23.8 Å². The van der Waals surface area contributed by atoms with Gasteiger partial charge in [-0.25, -0.2) is 8.78 Å². The van der Waals surface area contributed by atoms with E-state index in [0.717, 1.165) is 0 Å². The molecule has 2 amide bonds. The topological polar surface area (TPSA) is 129 Å². The van der Waals surface area contributed by atoms with E-state index in [-0.39, 0.29) is 36.7 Å². The largest absolute Gasteiger partial charge is 0.698 e. The molecular formula is C40H34F2N6O5P+. The second kappa shape index (κ2) is 17.4. The Labute approximate surface area is 310 Å². The van der Waals surface area contributed by atoms with Gasteiger partial charge in [-0.15, -0.1) is 9.05 Å². The molecule has 0 spiro atoms. The van der Waals surface area contributed by atoms with E-state index in [4.69, 9.17) is 9.05 Å². The number of benzene rings is 4. The molecule has 2 aromatic heterocycles. The number of hydrogen-bond acceptors (Lipinski definition) is 7. The fourth-order valence-corrected chi connectivity index (χ4v) is 6.06. The van der Waals surface area contributed by atoms with E-state index < -0.39 is 8.25 Å². The smallest absolute Gasteiger partial charge is 0.323 e. The van der Waals surface area contributed by atoms with Crippen LogP contribution in [0.15, 0.2) is 122 Å². The number of aromatic nitrogens is 4. The highest BCUT2D eigenvalue weighted by Crippen LogP contribution is 2.30. The number of carbonyl (C=O) groups is 2. The minimum atomic E-state index is -2.43. The number of rotatable bonds is 14. The normalized spacial score (nSPS) is 11.3. The number of aryl methyl sites for hydroxylation is 2. The third-order valence-electron chi connectivity index (χ3n) is 8.14. The molecule has 11 nitrogen and oxygen atoms in total. The van der Waals surface area contributed by atoms with Gasteiger partial charge in [-0.3, -0.25) is 19.0 Å². The van der Waals surface area contributed by atoms with Crippen LogP contribution in [0.25, 0.3) is 34.7 Å². The first-order chi connectivity index (χ1) is 26.1. The van der Waals surface area contributed by atoms with Crippen molar-refractivity contribution in [2.45, 2.75) is 13.2 Å². The number of anilines is 2. The summed E-state index contributed by atoms with van der Waals surface area (Å²) < 4.78 is 55.0. The van der Waals surface area contributed by atoms with E-state index in [1.54, 1.807) is 133 Å². The van der Waals surface area contributed by atoms with Crippen LogP contribution >= 0.6 is 8.25 Å². The molecule has 0 unspecified atom stereocenters. The van der Waals surface area contributed by atoms with Crippen molar-refractivity contribution in [1.29, 1.82) is 0 Å². The molecule has 0 radical (unpaired) electrons. The Hall–Kier alpha value is -6.40. The molecule has 0 bridgehead atoms. The molecule has 0 saturated carbocycles. The van der Waals surface area contributed by atoms with E-state index in [1.807, 2.05) is 0 Å². The molecule has 0 aliphatic rings. The minimum absolute atomic E-state index is 0.0163. The molecule has 4 aromatic carbocycles. The fourth-order valence-electron chi connectivity index (χ4n) is 5.48. The third kappa shape index (κ3) is 9.52. The van der Waals surface area contributed by atoms with Gasteiger partial charge in [-0.1, -0.05) is 48.5 Å². The molecule has 0 aliphatic carbocycles. The van der Waals surface area contributed by atoms with Crippen molar-refractivity contribution in [3.05, 3.63) is 155 Å². The quantitative estimate of drug-likeness (QED) is 0.0845. The summed E-state index contributed by atoms with van der Waals surface area (Å²) in [5, 5.41) is 13.9. The highest BCUT2D eigenvalue weighted by atomic mass is 31.1. The number of hydrogen-bond donors (Lipinski definition) is 2. The van der Waals surface area contributed by atoms with Gasteiger partial charge in [-0.05, 0) is 71.8 Å². The zero-order chi connectivity index (χ0) is 38.0. The molecule has 54 heavy (non-hydrogen) atoms. The number of carbonyl (C=O) groups excluding carboxylic acids is 2. The van der Waals surface area contributed by atoms with Crippen LogP contribution in [0, 0.1) is 11.6 Å². The lowest BCUT2D eigenvalue weighted by Gasteiger charge is -2.06. The van der Waals surface area contributed by atoms with E-state index in [1.165, 1.54) is 24.3 Å². The summed E-state index contributed by atoms with van der Waals surface area (Å²) in [5.41, 5.74) is 5.53. The lowest BCUT2D eigenvalue weighted by Crippen LogP contribution is -2.07. The molecule has 6 rings (SSSR count). The molecule has 0 saturated heterocycles. The first kappa shape index (κ1) is 37.4. The summed E-state index contributed by atoms with van der Waals surface area (Å²) in [6.45, 7) is 0.0327. The van der Waals surface area contributed by atoms with Gasteiger partial charge in [0.1, 0.15) is 24.8 Å². The van der Waals surface area contributed by atoms with Crippen molar-refractivity contribution in [2.75, 3.05) is 10.6 Å². The van der Waals surface area contributed by atoms with Crippen molar-refractivity contribution in [2.24, 2.45) is 14.1 Å². The fraction of sp³-hybridized carbons (Fsp3) is 0.100. The van der Waals surface area contributed by atoms with Crippen molar-refractivity contribution in [3.8, 4) is 22.5 Å². The monoisotopic (exact) mass is 747 g/mol. The maximum atomic E-state index is 14.4. The van der Waals surface area contributed by atoms with Gasteiger partial charge in [0, 0.05) is 64.4 Å². The Morgan fingerprint density at radius 1 is 0.648 bits per heavy atom. The highest BCUT2D eigenvalue weighted by molar-refractivity contribution is 7.33. The summed E-state index contributed by atoms with van der Waals surface area (Å²) in [7, 11) is 0.974. The van der Waals surface area contributed by atoms with Gasteiger partial charge in [0.15, 0.2) is 0 Å². The van der Waals surface area contributed by atoms with Crippen LogP contribution in [-0.4, -0.2) is 31.4 Å². The summed E-state index contributed by atoms with van der Waals surface area (Å²) >= 11 is 0. The van der Waals surface area contributed by atoms with Gasteiger partial charge >= 0.3 is 8.25 Å². The second-order valence-electron chi connectivity index (χ2n) is 11.9. The third-order valence-corrected chi connectivity index (χ3v) is 8.82. The van der Waals surface area contributed by atoms with Crippen LogP contribution in [-0.2, 0) is 50.5 Å². The Morgan fingerprint density at radius 2 is 1.04 bits per heavy atom. The number of nitrogens with zero attached hydrogens (tertiary/aromatic N) is 4. The standard InChI is InChI=1S/C40H33F2N6O5P/c1-47-39(33-7-3-5-9-35(33)41)29(23-43-47)15-21-37(49)45-31-17-11-27(12-18-31)25-52-54(51)53-26-28-13-19-32(20-14-28)46-38(50)22-16-30-24-44-48(2)40(30)34-8-4-6-10-36(34)42/h3-24H,25-26H2,1-2H3,(H-,45,46,49,50)/p+1/b21-15+,22-16+. The number of nitrogens with one attached hydrogen (secondary N) is 2. The maximum Gasteiger partial charge on any atom is 0.698 e. The summed E-state index contributed by atoms with van der Waals surface area (Å²) in [4.78, 5) is 25.2. The first-order valence-corrected chi connectivity index (χ1v) is 17.7. The predicted octanol–water partition coefficient (Wildman–Crippen LogP) is 8.46. The molecule has 14 heteroatoms. The Morgan fingerprint density at radius 3 is 1.43 bits per heavy atom. The summed E-state index contributed by atoms with van der Waals surface area (Å²) in [6, 6.07) is 26.4. The second-order valence-corrected chi connectivity index (χ2v) is 12.9. The van der Waals surface area contributed by atoms with Gasteiger partial charge in [0.25, 0.3) is 0 Å². The molecule has 0 aliphatic heterocycles. The van der Waals surface area contributed by atoms with Gasteiger partial charge in [-0.2, -0.15) is 10.2 Å². The zero-order valence-corrected chi connectivity index (χ0v) is 30.0. The lowest BCUT2D eigenvalue weighted by molar-refractivity contribution is -0.112. The number of amides is 2. The van der Waals surface area contributed by atoms with Gasteiger partial charge in [0.2, 0.25) is 11.8 Å². The Bertz CT molecular complexity index is 2190. The van der Waals surface area contributed by atoms with Crippen molar-refractivity contribution >= 4 is 43.6 Å². The molecule has 2 N–H and O–H groups in total. The average Bonchev–Trinajstić information content (AvgIpc) is 3.73. The highest BCUT2D eigenvalue weighted by Gasteiger charge is 2.21. The van der Waals surface area contributed by atoms with Crippen LogP contribution < -0.4 is 10.6 Å². The van der Waals surface area contributed by atoms with E-state index in [0.29, 0.717) is 56.1 Å². The maximum absolute atomic E-state index is 14.4. The van der Waals surface area contributed by atoms with E-state index in [9.17, 15) is 22.9 Å². The van der Waals surface area contributed by atoms with E-state index >= 15 is 0 Å². The minimum Gasteiger partial charge on any atom is -0.323 e. The Kier molecular flexibility index (Phi) is 12.0.